The van der Waals surface area contributed by atoms with Gasteiger partial charge in [-0.25, -0.2) is 4.79 Å². The van der Waals surface area contributed by atoms with E-state index in [-0.39, 0.29) is 0 Å². The Bertz CT molecular complexity index is 917. The summed E-state index contributed by atoms with van der Waals surface area (Å²) >= 11 is 6.11. The number of ether oxygens (including phenoxy) is 3. The van der Waals surface area contributed by atoms with Crippen molar-refractivity contribution in [3.05, 3.63) is 47.1 Å². The Kier molecular flexibility index (Phi) is 4.36. The summed E-state index contributed by atoms with van der Waals surface area (Å²) in [7, 11) is 4.47. The van der Waals surface area contributed by atoms with Crippen molar-refractivity contribution in [1.82, 2.24) is 4.98 Å². The predicted octanol–water partition coefficient (Wildman–Crippen LogP) is 4.29. The molecule has 0 fully saturated rings. The third-order valence-electron chi connectivity index (χ3n) is 3.81. The van der Waals surface area contributed by atoms with Gasteiger partial charge < -0.3 is 19.2 Å². The molecule has 0 bridgehead atoms. The van der Waals surface area contributed by atoms with Crippen LogP contribution in [0.1, 0.15) is 10.5 Å². The highest BCUT2D eigenvalue weighted by atomic mass is 35.5. The zero-order valence-corrected chi connectivity index (χ0v) is 14.2. The summed E-state index contributed by atoms with van der Waals surface area (Å²) < 4.78 is 15.6. The van der Waals surface area contributed by atoms with Crippen LogP contribution < -0.4 is 9.47 Å². The highest BCUT2D eigenvalue weighted by Gasteiger charge is 2.22. The molecule has 0 radical (unpaired) electrons. The first-order valence-corrected chi connectivity index (χ1v) is 7.58. The Morgan fingerprint density at radius 3 is 2.38 bits per heavy atom. The third kappa shape index (κ3) is 2.67. The molecule has 0 saturated carbocycles. The van der Waals surface area contributed by atoms with Crippen LogP contribution >= 0.6 is 11.6 Å². The van der Waals surface area contributed by atoms with Gasteiger partial charge in [-0.05, 0) is 23.8 Å². The lowest BCUT2D eigenvalue weighted by molar-refractivity contribution is 0.0596. The molecule has 0 amide bonds. The summed E-state index contributed by atoms with van der Waals surface area (Å²) in [5.74, 6) is 0.683. The van der Waals surface area contributed by atoms with E-state index < -0.39 is 5.97 Å². The molecule has 0 aliphatic rings. The molecule has 1 heterocycles. The van der Waals surface area contributed by atoms with Crippen LogP contribution in [0.15, 0.2) is 36.4 Å². The largest absolute Gasteiger partial charge is 0.493 e. The quantitative estimate of drug-likeness (QED) is 0.716. The molecule has 6 heteroatoms. The molecule has 1 N–H and O–H groups in total. The van der Waals surface area contributed by atoms with Crippen LogP contribution in [0, 0.1) is 0 Å². The third-order valence-corrected chi connectivity index (χ3v) is 4.04. The first-order valence-electron chi connectivity index (χ1n) is 7.21. The van der Waals surface area contributed by atoms with E-state index in [9.17, 15) is 4.79 Å². The van der Waals surface area contributed by atoms with Gasteiger partial charge in [0.05, 0.1) is 26.8 Å². The van der Waals surface area contributed by atoms with Crippen LogP contribution in [0.25, 0.3) is 22.0 Å². The van der Waals surface area contributed by atoms with Gasteiger partial charge in [-0.1, -0.05) is 23.7 Å². The lowest BCUT2D eigenvalue weighted by Crippen LogP contribution is -2.03. The maximum atomic E-state index is 12.2. The van der Waals surface area contributed by atoms with E-state index in [1.165, 1.54) is 7.11 Å². The fraction of sp³-hybridized carbons (Fsp3) is 0.167. The van der Waals surface area contributed by atoms with Crippen LogP contribution in [-0.2, 0) is 4.74 Å². The van der Waals surface area contributed by atoms with E-state index in [0.29, 0.717) is 27.8 Å². The first-order chi connectivity index (χ1) is 11.6. The number of rotatable bonds is 4. The predicted molar refractivity (Wildman–Crippen MR) is 93.2 cm³/mol. The number of nitrogens with one attached hydrogen (secondary N) is 1. The molecule has 0 atom stereocenters. The van der Waals surface area contributed by atoms with Crippen molar-refractivity contribution < 1.29 is 19.0 Å². The van der Waals surface area contributed by atoms with Gasteiger partial charge in [0.2, 0.25) is 0 Å². The van der Waals surface area contributed by atoms with Gasteiger partial charge in [-0.3, -0.25) is 0 Å². The molecule has 124 valence electrons. The van der Waals surface area contributed by atoms with Gasteiger partial charge in [0, 0.05) is 22.0 Å². The van der Waals surface area contributed by atoms with E-state index in [1.54, 1.807) is 32.4 Å². The smallest absolute Gasteiger partial charge is 0.355 e. The maximum Gasteiger partial charge on any atom is 0.355 e. The highest BCUT2D eigenvalue weighted by Crippen LogP contribution is 2.39. The number of esters is 1. The van der Waals surface area contributed by atoms with Gasteiger partial charge in [-0.2, -0.15) is 0 Å². The molecular weight excluding hydrogens is 330 g/mol. The molecule has 0 unspecified atom stereocenters. The standard InChI is InChI=1S/C18H16ClNO4/c1-22-14-8-12-13(9-15(14)23-2)20-17(18(21)24-3)16(12)10-5-4-6-11(19)7-10/h4-9,20H,1-3H3. The van der Waals surface area contributed by atoms with Crippen LogP contribution in [-0.4, -0.2) is 32.3 Å². The van der Waals surface area contributed by atoms with Crippen molar-refractivity contribution in [2.75, 3.05) is 21.3 Å². The number of methoxy groups -OCH3 is 3. The van der Waals surface area contributed by atoms with E-state index in [2.05, 4.69) is 4.98 Å². The number of halogens is 1. The van der Waals surface area contributed by atoms with Crippen molar-refractivity contribution >= 4 is 28.5 Å². The second-order valence-corrected chi connectivity index (χ2v) is 5.57. The lowest BCUT2D eigenvalue weighted by Gasteiger charge is -2.08. The minimum Gasteiger partial charge on any atom is -0.493 e. The van der Waals surface area contributed by atoms with Crippen molar-refractivity contribution in [2.24, 2.45) is 0 Å². The summed E-state index contributed by atoms with van der Waals surface area (Å²) in [6.07, 6.45) is 0. The van der Waals surface area contributed by atoms with Crippen LogP contribution in [0.5, 0.6) is 11.5 Å². The van der Waals surface area contributed by atoms with Crippen molar-refractivity contribution in [3.63, 3.8) is 0 Å². The van der Waals surface area contributed by atoms with E-state index in [0.717, 1.165) is 16.5 Å². The molecule has 3 rings (SSSR count). The zero-order chi connectivity index (χ0) is 17.3. The molecule has 1 aromatic heterocycles. The molecule has 0 saturated heterocycles. The second kappa shape index (κ2) is 6.45. The minimum atomic E-state index is -0.459. The molecule has 24 heavy (non-hydrogen) atoms. The number of fused-ring (bicyclic) bond motifs is 1. The van der Waals surface area contributed by atoms with Gasteiger partial charge >= 0.3 is 5.97 Å². The number of carbonyl (C=O) groups is 1. The number of H-pyrrole nitrogens is 1. The normalized spacial score (nSPS) is 10.7. The highest BCUT2D eigenvalue weighted by molar-refractivity contribution is 6.31. The van der Waals surface area contributed by atoms with Crippen molar-refractivity contribution in [3.8, 4) is 22.6 Å². The molecule has 0 spiro atoms. The van der Waals surface area contributed by atoms with Gasteiger partial charge in [-0.15, -0.1) is 0 Å². The maximum absolute atomic E-state index is 12.2. The van der Waals surface area contributed by atoms with Crippen LogP contribution in [0.4, 0.5) is 0 Å². The second-order valence-electron chi connectivity index (χ2n) is 5.13. The fourth-order valence-electron chi connectivity index (χ4n) is 2.72. The van der Waals surface area contributed by atoms with Crippen molar-refractivity contribution in [1.29, 1.82) is 0 Å². The lowest BCUT2D eigenvalue weighted by atomic mass is 10.0. The molecule has 2 aromatic carbocycles. The zero-order valence-electron chi connectivity index (χ0n) is 13.5. The summed E-state index contributed by atoms with van der Waals surface area (Å²) in [5, 5.41) is 1.40. The number of hydrogen-bond donors (Lipinski definition) is 1. The van der Waals surface area contributed by atoms with Gasteiger partial charge in [0.25, 0.3) is 0 Å². The topological polar surface area (TPSA) is 60.6 Å². The Morgan fingerprint density at radius 2 is 1.75 bits per heavy atom. The molecule has 3 aromatic rings. The summed E-state index contributed by atoms with van der Waals surface area (Å²) in [4.78, 5) is 15.3. The molecule has 0 aliphatic carbocycles. The van der Waals surface area contributed by atoms with Crippen LogP contribution in [0.2, 0.25) is 5.02 Å². The van der Waals surface area contributed by atoms with E-state index >= 15 is 0 Å². The summed E-state index contributed by atoms with van der Waals surface area (Å²) in [6, 6.07) is 10.9. The van der Waals surface area contributed by atoms with Gasteiger partial charge in [0.1, 0.15) is 5.69 Å². The molecule has 0 aliphatic heterocycles. The SMILES string of the molecule is COC(=O)c1[nH]c2cc(OC)c(OC)cc2c1-c1cccc(Cl)c1. The summed E-state index contributed by atoms with van der Waals surface area (Å²) in [5.41, 5.74) is 2.61. The van der Waals surface area contributed by atoms with E-state index in [4.69, 9.17) is 25.8 Å². The number of carbonyl (C=O) groups excluding carboxylic acids is 1. The average Bonchev–Trinajstić information content (AvgIpc) is 2.97. The first kappa shape index (κ1) is 16.2. The Balaban J connectivity index is 2.36. The molecular formula is C18H16ClNO4. The number of benzene rings is 2. The van der Waals surface area contributed by atoms with Crippen LogP contribution in [0.3, 0.4) is 0 Å². The minimum absolute atomic E-state index is 0.352. The monoisotopic (exact) mass is 345 g/mol. The Labute approximate surface area is 144 Å². The Hall–Kier alpha value is -2.66. The van der Waals surface area contributed by atoms with E-state index in [1.807, 2.05) is 18.2 Å². The number of aromatic amines is 1. The number of hydrogen-bond acceptors (Lipinski definition) is 4. The average molecular weight is 346 g/mol. The Morgan fingerprint density at radius 1 is 1.04 bits per heavy atom. The van der Waals surface area contributed by atoms with Crippen molar-refractivity contribution in [2.45, 2.75) is 0 Å². The van der Waals surface area contributed by atoms with Gasteiger partial charge in [0.15, 0.2) is 11.5 Å². The fourth-order valence-corrected chi connectivity index (χ4v) is 2.91. The number of aromatic nitrogens is 1. The molecule has 5 nitrogen and oxygen atoms in total. The summed E-state index contributed by atoms with van der Waals surface area (Å²) in [6.45, 7) is 0.